The van der Waals surface area contributed by atoms with Gasteiger partial charge in [0.25, 0.3) is 0 Å². The van der Waals surface area contributed by atoms with E-state index >= 15 is 0 Å². The normalized spacial score (nSPS) is 16.0. The van der Waals surface area contributed by atoms with E-state index in [-0.39, 0.29) is 12.2 Å². The first-order valence-corrected chi connectivity index (χ1v) is 6.96. The highest BCUT2D eigenvalue weighted by atomic mass is 32.1. The summed E-state index contributed by atoms with van der Waals surface area (Å²) in [5, 5.41) is 3.30. The van der Waals surface area contributed by atoms with Gasteiger partial charge in [0.2, 0.25) is 0 Å². The number of benzene rings is 1. The molecule has 3 rings (SSSR count). The maximum Gasteiger partial charge on any atom is 0.413 e. The van der Waals surface area contributed by atoms with E-state index in [2.05, 4.69) is 10.3 Å². The summed E-state index contributed by atoms with van der Waals surface area (Å²) in [6.45, 7) is 0. The van der Waals surface area contributed by atoms with Gasteiger partial charge in [-0.25, -0.2) is 9.78 Å². The van der Waals surface area contributed by atoms with Crippen LogP contribution in [-0.4, -0.2) is 17.2 Å². The highest BCUT2D eigenvalue weighted by Gasteiger charge is 2.19. The fourth-order valence-electron chi connectivity index (χ4n) is 2.20. The molecular formula is C13H14N2O2S. The molecule has 2 aromatic rings. The number of carbonyl (C=O) groups excluding carboxylic acids is 1. The van der Waals surface area contributed by atoms with Crippen molar-refractivity contribution in [1.29, 1.82) is 0 Å². The van der Waals surface area contributed by atoms with Gasteiger partial charge in [0.05, 0.1) is 10.2 Å². The molecule has 0 unspecified atom stereocenters. The van der Waals surface area contributed by atoms with Crippen LogP contribution in [0.5, 0.6) is 0 Å². The summed E-state index contributed by atoms with van der Waals surface area (Å²) in [5.74, 6) is 0. The Morgan fingerprint density at radius 2 is 2.11 bits per heavy atom. The molecule has 0 aliphatic heterocycles. The molecule has 1 aromatic carbocycles. The molecule has 0 radical (unpaired) electrons. The second kappa shape index (κ2) is 4.94. The van der Waals surface area contributed by atoms with E-state index in [1.54, 1.807) is 0 Å². The molecule has 94 valence electrons. The Kier molecular flexibility index (Phi) is 3.15. The second-order valence-corrected chi connectivity index (χ2v) is 5.45. The molecule has 4 nitrogen and oxygen atoms in total. The quantitative estimate of drug-likeness (QED) is 0.895. The zero-order valence-electron chi connectivity index (χ0n) is 9.89. The number of ether oxygens (including phenoxy) is 1. The maximum atomic E-state index is 11.7. The van der Waals surface area contributed by atoms with Crippen LogP contribution in [0.25, 0.3) is 10.2 Å². The SMILES string of the molecule is O=C(Nc1nc2ccccc2s1)OC1CCCC1. The van der Waals surface area contributed by atoms with Crippen molar-refractivity contribution in [2.45, 2.75) is 31.8 Å². The zero-order chi connectivity index (χ0) is 12.4. The van der Waals surface area contributed by atoms with E-state index in [1.807, 2.05) is 24.3 Å². The van der Waals surface area contributed by atoms with Crippen LogP contribution in [0.3, 0.4) is 0 Å². The lowest BCUT2D eigenvalue weighted by Gasteiger charge is -2.10. The smallest absolute Gasteiger partial charge is 0.413 e. The van der Waals surface area contributed by atoms with Gasteiger partial charge in [-0.05, 0) is 37.8 Å². The molecule has 0 atom stereocenters. The minimum atomic E-state index is -0.388. The number of fused-ring (bicyclic) bond motifs is 1. The average Bonchev–Trinajstić information content (AvgIpc) is 2.96. The van der Waals surface area contributed by atoms with E-state index in [9.17, 15) is 4.79 Å². The third-order valence-electron chi connectivity index (χ3n) is 3.08. The van der Waals surface area contributed by atoms with Crippen molar-refractivity contribution in [3.63, 3.8) is 0 Å². The number of para-hydroxylation sites is 1. The summed E-state index contributed by atoms with van der Waals surface area (Å²) < 4.78 is 6.39. The first kappa shape index (κ1) is 11.5. The molecule has 1 fully saturated rings. The fourth-order valence-corrected chi connectivity index (χ4v) is 3.05. The number of aromatic nitrogens is 1. The number of rotatable bonds is 2. The van der Waals surface area contributed by atoms with Crippen LogP contribution in [0.4, 0.5) is 9.93 Å². The van der Waals surface area contributed by atoms with Crippen molar-refractivity contribution in [2.75, 3.05) is 5.32 Å². The maximum absolute atomic E-state index is 11.7. The number of nitrogens with zero attached hydrogens (tertiary/aromatic N) is 1. The minimum absolute atomic E-state index is 0.0828. The molecule has 1 aliphatic carbocycles. The van der Waals surface area contributed by atoms with Gasteiger partial charge >= 0.3 is 6.09 Å². The highest BCUT2D eigenvalue weighted by Crippen LogP contribution is 2.26. The lowest BCUT2D eigenvalue weighted by atomic mass is 10.3. The number of thiazole rings is 1. The molecule has 0 bridgehead atoms. The highest BCUT2D eigenvalue weighted by molar-refractivity contribution is 7.22. The van der Waals surface area contributed by atoms with Crippen molar-refractivity contribution in [1.82, 2.24) is 4.98 Å². The Labute approximate surface area is 109 Å². The Balaban J connectivity index is 1.66. The van der Waals surface area contributed by atoms with Crippen molar-refractivity contribution in [2.24, 2.45) is 0 Å². The van der Waals surface area contributed by atoms with E-state index in [0.29, 0.717) is 5.13 Å². The number of nitrogens with one attached hydrogen (secondary N) is 1. The van der Waals surface area contributed by atoms with Gasteiger partial charge in [0.1, 0.15) is 6.10 Å². The van der Waals surface area contributed by atoms with Crippen molar-refractivity contribution < 1.29 is 9.53 Å². The Bertz CT molecular complexity index is 528. The first-order valence-electron chi connectivity index (χ1n) is 6.14. The van der Waals surface area contributed by atoms with Gasteiger partial charge in [0, 0.05) is 0 Å². The Hall–Kier alpha value is -1.62. The summed E-state index contributed by atoms with van der Waals surface area (Å²) in [6, 6.07) is 7.81. The third-order valence-corrected chi connectivity index (χ3v) is 4.03. The van der Waals surface area contributed by atoms with Crippen LogP contribution in [0.2, 0.25) is 0 Å². The van der Waals surface area contributed by atoms with E-state index < -0.39 is 0 Å². The lowest BCUT2D eigenvalue weighted by molar-refractivity contribution is 0.114. The van der Waals surface area contributed by atoms with Crippen molar-refractivity contribution in [3.05, 3.63) is 24.3 Å². The lowest BCUT2D eigenvalue weighted by Crippen LogP contribution is -2.19. The molecule has 1 N–H and O–H groups in total. The summed E-state index contributed by atoms with van der Waals surface area (Å²) in [7, 11) is 0. The predicted molar refractivity (Wildman–Crippen MR) is 72.0 cm³/mol. The van der Waals surface area contributed by atoms with E-state index in [4.69, 9.17) is 4.74 Å². The van der Waals surface area contributed by atoms with Gasteiger partial charge in [0.15, 0.2) is 5.13 Å². The summed E-state index contributed by atoms with van der Waals surface area (Å²) >= 11 is 1.46. The molecule has 1 saturated carbocycles. The van der Waals surface area contributed by atoms with Crippen LogP contribution < -0.4 is 5.32 Å². The Morgan fingerprint density at radius 1 is 1.33 bits per heavy atom. The molecule has 1 aliphatic rings. The largest absolute Gasteiger partial charge is 0.446 e. The molecule has 5 heteroatoms. The molecule has 1 amide bonds. The van der Waals surface area contributed by atoms with Gasteiger partial charge in [-0.1, -0.05) is 23.5 Å². The van der Waals surface area contributed by atoms with Gasteiger partial charge in [-0.3, -0.25) is 5.32 Å². The van der Waals surface area contributed by atoms with Gasteiger partial charge in [-0.2, -0.15) is 0 Å². The standard InChI is InChI=1S/C13H14N2O2S/c16-13(17-9-5-1-2-6-9)15-12-14-10-7-3-4-8-11(10)18-12/h3-4,7-9H,1-2,5-6H2,(H,14,15,16). The topological polar surface area (TPSA) is 51.2 Å². The van der Waals surface area contributed by atoms with Crippen LogP contribution in [0, 0.1) is 0 Å². The average molecular weight is 262 g/mol. The first-order chi connectivity index (χ1) is 8.81. The molecule has 0 saturated heterocycles. The van der Waals surface area contributed by atoms with Crippen molar-refractivity contribution >= 4 is 32.8 Å². The number of amides is 1. The molecular weight excluding hydrogens is 248 g/mol. The number of hydrogen-bond donors (Lipinski definition) is 1. The summed E-state index contributed by atoms with van der Waals surface area (Å²) in [5.41, 5.74) is 0.902. The molecule has 0 spiro atoms. The zero-order valence-corrected chi connectivity index (χ0v) is 10.7. The van der Waals surface area contributed by atoms with Gasteiger partial charge < -0.3 is 4.74 Å². The monoisotopic (exact) mass is 262 g/mol. The molecule has 1 heterocycles. The minimum Gasteiger partial charge on any atom is -0.446 e. The molecule has 18 heavy (non-hydrogen) atoms. The van der Waals surface area contributed by atoms with Gasteiger partial charge in [-0.15, -0.1) is 0 Å². The van der Waals surface area contributed by atoms with Crippen LogP contribution in [-0.2, 0) is 4.74 Å². The van der Waals surface area contributed by atoms with Crippen LogP contribution in [0.15, 0.2) is 24.3 Å². The predicted octanol–water partition coefficient (Wildman–Crippen LogP) is 3.79. The van der Waals surface area contributed by atoms with Crippen LogP contribution in [0.1, 0.15) is 25.7 Å². The number of carbonyl (C=O) groups is 1. The number of hydrogen-bond acceptors (Lipinski definition) is 4. The number of anilines is 1. The van der Waals surface area contributed by atoms with E-state index in [0.717, 1.165) is 35.9 Å². The fraction of sp³-hybridized carbons (Fsp3) is 0.385. The summed E-state index contributed by atoms with van der Waals surface area (Å²) in [4.78, 5) is 16.0. The second-order valence-electron chi connectivity index (χ2n) is 4.42. The molecule has 1 aromatic heterocycles. The van der Waals surface area contributed by atoms with Crippen molar-refractivity contribution in [3.8, 4) is 0 Å². The van der Waals surface area contributed by atoms with Crippen LogP contribution >= 0.6 is 11.3 Å². The van der Waals surface area contributed by atoms with E-state index in [1.165, 1.54) is 11.3 Å². The third kappa shape index (κ3) is 2.46. The summed E-state index contributed by atoms with van der Waals surface area (Å²) in [6.07, 6.45) is 3.96. The Morgan fingerprint density at radius 3 is 2.89 bits per heavy atom.